The number of nitrogens with zero attached hydrogens (tertiary/aromatic N) is 2. The van der Waals surface area contributed by atoms with Gasteiger partial charge in [-0.3, -0.25) is 14.4 Å². The summed E-state index contributed by atoms with van der Waals surface area (Å²) in [5.41, 5.74) is 2.45. The second-order valence-corrected chi connectivity index (χ2v) is 8.06. The summed E-state index contributed by atoms with van der Waals surface area (Å²) in [4.78, 5) is 45.1. The van der Waals surface area contributed by atoms with Crippen molar-refractivity contribution in [3.8, 4) is 0 Å². The van der Waals surface area contributed by atoms with Crippen molar-refractivity contribution in [1.29, 1.82) is 0 Å². The molecular weight excluding hydrogens is 390 g/mol. The van der Waals surface area contributed by atoms with Gasteiger partial charge in [-0.25, -0.2) is 4.98 Å². The molecule has 2 N–H and O–H groups in total. The molecular formula is C21H21N3O4S. The van der Waals surface area contributed by atoms with Gasteiger partial charge in [-0.05, 0) is 18.9 Å². The molecule has 2 aromatic heterocycles. The van der Waals surface area contributed by atoms with Gasteiger partial charge in [0.1, 0.15) is 0 Å². The van der Waals surface area contributed by atoms with Crippen molar-refractivity contribution in [2.75, 3.05) is 13.1 Å². The normalized spacial score (nSPS) is 15.0. The van der Waals surface area contributed by atoms with Crippen LogP contribution in [0.3, 0.4) is 0 Å². The van der Waals surface area contributed by atoms with E-state index in [2.05, 4.69) is 9.97 Å². The molecule has 3 aromatic rings. The molecule has 0 atom stereocenters. The van der Waals surface area contributed by atoms with Crippen LogP contribution in [0.5, 0.6) is 0 Å². The maximum atomic E-state index is 12.9. The zero-order valence-corrected chi connectivity index (χ0v) is 16.6. The van der Waals surface area contributed by atoms with Crippen LogP contribution in [0.25, 0.3) is 10.9 Å². The Bertz CT molecular complexity index is 1060. The van der Waals surface area contributed by atoms with Crippen LogP contribution in [0.15, 0.2) is 35.8 Å². The summed E-state index contributed by atoms with van der Waals surface area (Å²) in [5.74, 6) is -0.943. The monoisotopic (exact) mass is 411 g/mol. The topological polar surface area (TPSA) is 103 Å². The zero-order chi connectivity index (χ0) is 20.4. The van der Waals surface area contributed by atoms with E-state index in [1.54, 1.807) is 11.1 Å². The van der Waals surface area contributed by atoms with E-state index < -0.39 is 5.97 Å². The molecule has 8 heteroatoms. The number of ketones is 1. The van der Waals surface area contributed by atoms with Crippen LogP contribution in [-0.2, 0) is 9.59 Å². The van der Waals surface area contributed by atoms with E-state index in [0.29, 0.717) is 23.7 Å². The average molecular weight is 411 g/mol. The first-order chi connectivity index (χ1) is 14.0. The highest BCUT2D eigenvalue weighted by Gasteiger charge is 2.26. The van der Waals surface area contributed by atoms with E-state index in [4.69, 9.17) is 5.11 Å². The van der Waals surface area contributed by atoms with Gasteiger partial charge in [0, 0.05) is 47.9 Å². The number of carbonyl (C=O) groups is 3. The Morgan fingerprint density at radius 2 is 1.93 bits per heavy atom. The van der Waals surface area contributed by atoms with Gasteiger partial charge < -0.3 is 15.0 Å². The summed E-state index contributed by atoms with van der Waals surface area (Å²) >= 11 is 1.36. The van der Waals surface area contributed by atoms with Gasteiger partial charge in [-0.2, -0.15) is 0 Å². The Labute approximate surface area is 171 Å². The standard InChI is InChI=1S/C21H21N3O4S/c25-18(5-6-19(26)27)24-9-7-13(8-10-24)17-12-29-21(23-17)20(28)15-11-22-16-4-2-1-3-14(15)16/h1-4,11-13,22H,5-10H2,(H,26,27). The number of aliphatic carboxylic acids is 1. The lowest BCUT2D eigenvalue weighted by Crippen LogP contribution is -2.38. The predicted octanol–water partition coefficient (Wildman–Crippen LogP) is 3.43. The summed E-state index contributed by atoms with van der Waals surface area (Å²) < 4.78 is 0. The van der Waals surface area contributed by atoms with Crippen LogP contribution in [0, 0.1) is 0 Å². The molecule has 7 nitrogen and oxygen atoms in total. The third-order valence-corrected chi connectivity index (χ3v) is 6.23. The number of thiazole rings is 1. The number of hydrogen-bond donors (Lipinski definition) is 2. The van der Waals surface area contributed by atoms with Crippen molar-refractivity contribution in [1.82, 2.24) is 14.9 Å². The van der Waals surface area contributed by atoms with E-state index in [0.717, 1.165) is 29.4 Å². The fourth-order valence-corrected chi connectivity index (χ4v) is 4.60. The minimum absolute atomic E-state index is 0.0416. The number of likely N-dealkylation sites (tertiary alicyclic amines) is 1. The highest BCUT2D eigenvalue weighted by molar-refractivity contribution is 7.12. The van der Waals surface area contributed by atoms with E-state index >= 15 is 0 Å². The molecule has 1 aliphatic rings. The number of carboxylic acid groups (broad SMARTS) is 1. The highest BCUT2D eigenvalue weighted by Crippen LogP contribution is 2.30. The van der Waals surface area contributed by atoms with Crippen molar-refractivity contribution < 1.29 is 19.5 Å². The number of amides is 1. The fourth-order valence-electron chi connectivity index (χ4n) is 3.75. The minimum atomic E-state index is -0.955. The van der Waals surface area contributed by atoms with Gasteiger partial charge in [-0.15, -0.1) is 11.3 Å². The number of carboxylic acids is 1. The molecule has 29 heavy (non-hydrogen) atoms. The number of H-pyrrole nitrogens is 1. The first kappa shape index (κ1) is 19.3. The SMILES string of the molecule is O=C(O)CCC(=O)N1CCC(c2csc(C(=O)c3c[nH]c4ccccc34)n2)CC1. The quantitative estimate of drug-likeness (QED) is 0.605. The summed E-state index contributed by atoms with van der Waals surface area (Å²) in [6, 6.07) is 7.69. The molecule has 150 valence electrons. The summed E-state index contributed by atoms with van der Waals surface area (Å²) in [7, 11) is 0. The summed E-state index contributed by atoms with van der Waals surface area (Å²) in [6.07, 6.45) is 3.17. The van der Waals surface area contributed by atoms with Gasteiger partial charge >= 0.3 is 5.97 Å². The molecule has 4 rings (SSSR count). The molecule has 1 amide bonds. The number of aromatic nitrogens is 2. The number of carbonyl (C=O) groups excluding carboxylic acids is 2. The number of hydrogen-bond acceptors (Lipinski definition) is 5. The van der Waals surface area contributed by atoms with Crippen molar-refractivity contribution in [3.63, 3.8) is 0 Å². The molecule has 1 fully saturated rings. The Balaban J connectivity index is 1.40. The maximum absolute atomic E-state index is 12.9. The van der Waals surface area contributed by atoms with Crippen molar-refractivity contribution in [3.05, 3.63) is 52.1 Å². The molecule has 0 unspecified atom stereocenters. The molecule has 1 aliphatic heterocycles. The number of benzene rings is 1. The van der Waals surface area contributed by atoms with Crippen LogP contribution in [0.2, 0.25) is 0 Å². The minimum Gasteiger partial charge on any atom is -0.481 e. The van der Waals surface area contributed by atoms with E-state index in [-0.39, 0.29) is 30.4 Å². The van der Waals surface area contributed by atoms with Crippen LogP contribution >= 0.6 is 11.3 Å². The Kier molecular flexibility index (Phi) is 5.44. The molecule has 0 spiro atoms. The fraction of sp³-hybridized carbons (Fsp3) is 0.333. The smallest absolute Gasteiger partial charge is 0.303 e. The van der Waals surface area contributed by atoms with Crippen LogP contribution in [0.4, 0.5) is 0 Å². The predicted molar refractivity (Wildman–Crippen MR) is 109 cm³/mol. The maximum Gasteiger partial charge on any atom is 0.303 e. The van der Waals surface area contributed by atoms with E-state index in [1.807, 2.05) is 29.6 Å². The number of para-hydroxylation sites is 1. The molecule has 1 aromatic carbocycles. The number of aromatic amines is 1. The van der Waals surface area contributed by atoms with Crippen LogP contribution < -0.4 is 0 Å². The highest BCUT2D eigenvalue weighted by atomic mass is 32.1. The zero-order valence-electron chi connectivity index (χ0n) is 15.8. The molecule has 0 bridgehead atoms. The van der Waals surface area contributed by atoms with Crippen molar-refractivity contribution in [2.45, 2.75) is 31.6 Å². The van der Waals surface area contributed by atoms with E-state index in [9.17, 15) is 14.4 Å². The Morgan fingerprint density at radius 1 is 1.17 bits per heavy atom. The van der Waals surface area contributed by atoms with Gasteiger partial charge in [0.25, 0.3) is 0 Å². The first-order valence-electron chi connectivity index (χ1n) is 9.58. The van der Waals surface area contributed by atoms with Crippen molar-refractivity contribution in [2.24, 2.45) is 0 Å². The average Bonchev–Trinajstić information content (AvgIpc) is 3.39. The summed E-state index contributed by atoms with van der Waals surface area (Å²) in [5, 5.41) is 12.0. The lowest BCUT2D eigenvalue weighted by molar-refractivity contribution is -0.141. The Hall–Kier alpha value is -3.00. The molecule has 1 saturated heterocycles. The molecule has 3 heterocycles. The third-order valence-electron chi connectivity index (χ3n) is 5.37. The second kappa shape index (κ2) is 8.16. The van der Waals surface area contributed by atoms with E-state index in [1.165, 1.54) is 11.3 Å². The van der Waals surface area contributed by atoms with Gasteiger partial charge in [0.15, 0.2) is 5.01 Å². The third kappa shape index (κ3) is 4.07. The Morgan fingerprint density at radius 3 is 2.69 bits per heavy atom. The van der Waals surface area contributed by atoms with Gasteiger partial charge in [0.05, 0.1) is 17.7 Å². The van der Waals surface area contributed by atoms with Gasteiger partial charge in [-0.1, -0.05) is 18.2 Å². The largest absolute Gasteiger partial charge is 0.481 e. The number of piperidine rings is 1. The van der Waals surface area contributed by atoms with Crippen molar-refractivity contribution >= 4 is 39.9 Å². The van der Waals surface area contributed by atoms with Crippen LogP contribution in [0.1, 0.15) is 52.7 Å². The van der Waals surface area contributed by atoms with Gasteiger partial charge in [0.2, 0.25) is 11.7 Å². The van der Waals surface area contributed by atoms with Crippen LogP contribution in [-0.4, -0.2) is 50.7 Å². The summed E-state index contributed by atoms with van der Waals surface area (Å²) in [6.45, 7) is 1.18. The molecule has 0 saturated carbocycles. The number of nitrogens with one attached hydrogen (secondary N) is 1. The number of rotatable bonds is 6. The molecule has 0 aliphatic carbocycles. The lowest BCUT2D eigenvalue weighted by Gasteiger charge is -2.31. The lowest BCUT2D eigenvalue weighted by atomic mass is 9.94. The first-order valence-corrected chi connectivity index (χ1v) is 10.5. The molecule has 0 radical (unpaired) electrons. The second-order valence-electron chi connectivity index (χ2n) is 7.20. The number of fused-ring (bicyclic) bond motifs is 1.